The minimum absolute atomic E-state index is 0.0834. The molecular formula is C21H28ClNO2. The van der Waals surface area contributed by atoms with Crippen LogP contribution in [0.15, 0.2) is 36.4 Å². The van der Waals surface area contributed by atoms with Gasteiger partial charge in [0, 0.05) is 12.1 Å². The average Bonchev–Trinajstić information content (AvgIpc) is 2.58. The molecular weight excluding hydrogens is 334 g/mol. The van der Waals surface area contributed by atoms with Crippen LogP contribution in [0, 0.1) is 6.92 Å². The van der Waals surface area contributed by atoms with Gasteiger partial charge in [-0.3, -0.25) is 0 Å². The summed E-state index contributed by atoms with van der Waals surface area (Å²) in [6, 6.07) is 12.2. The van der Waals surface area contributed by atoms with E-state index in [2.05, 4.69) is 45.1 Å². The molecule has 0 heterocycles. The van der Waals surface area contributed by atoms with Crippen molar-refractivity contribution >= 4 is 11.6 Å². The molecule has 136 valence electrons. The zero-order valence-electron chi connectivity index (χ0n) is 15.8. The van der Waals surface area contributed by atoms with E-state index < -0.39 is 0 Å². The van der Waals surface area contributed by atoms with Crippen molar-refractivity contribution in [3.05, 3.63) is 58.1 Å². The summed E-state index contributed by atoms with van der Waals surface area (Å²) in [6.45, 7) is 9.79. The number of methoxy groups -OCH3 is 1. The SMILES string of the molecule is CCC(C)(C)NCc1cc(Cl)c(OCc2cccc(C)c2)c(OC)c1. The van der Waals surface area contributed by atoms with Gasteiger partial charge in [-0.1, -0.05) is 48.4 Å². The van der Waals surface area contributed by atoms with E-state index in [1.807, 2.05) is 24.3 Å². The van der Waals surface area contributed by atoms with Crippen molar-refractivity contribution in [1.29, 1.82) is 0 Å². The molecule has 0 radical (unpaired) electrons. The lowest BCUT2D eigenvalue weighted by atomic mass is 10.0. The highest BCUT2D eigenvalue weighted by Gasteiger charge is 2.16. The Kier molecular flexibility index (Phi) is 6.74. The molecule has 2 aromatic carbocycles. The van der Waals surface area contributed by atoms with Crippen molar-refractivity contribution in [2.75, 3.05) is 7.11 Å². The molecule has 0 aromatic heterocycles. The third-order valence-electron chi connectivity index (χ3n) is 4.41. The molecule has 4 heteroatoms. The highest BCUT2D eigenvalue weighted by molar-refractivity contribution is 6.32. The Labute approximate surface area is 156 Å². The average molecular weight is 362 g/mol. The number of benzene rings is 2. The van der Waals surface area contributed by atoms with E-state index in [0.717, 1.165) is 24.1 Å². The fraction of sp³-hybridized carbons (Fsp3) is 0.429. The zero-order valence-corrected chi connectivity index (χ0v) is 16.5. The summed E-state index contributed by atoms with van der Waals surface area (Å²) in [5, 5.41) is 4.10. The molecule has 0 spiro atoms. The van der Waals surface area contributed by atoms with Crippen molar-refractivity contribution in [3.63, 3.8) is 0 Å². The van der Waals surface area contributed by atoms with Crippen molar-refractivity contribution in [2.45, 2.75) is 52.8 Å². The Hall–Kier alpha value is -1.71. The van der Waals surface area contributed by atoms with Crippen LogP contribution in [0.4, 0.5) is 0 Å². The summed E-state index contributed by atoms with van der Waals surface area (Å²) in [6.07, 6.45) is 1.05. The van der Waals surface area contributed by atoms with Gasteiger partial charge in [-0.15, -0.1) is 0 Å². The fourth-order valence-electron chi connectivity index (χ4n) is 2.44. The van der Waals surface area contributed by atoms with Crippen LogP contribution in [0.3, 0.4) is 0 Å². The van der Waals surface area contributed by atoms with Gasteiger partial charge in [0.25, 0.3) is 0 Å². The van der Waals surface area contributed by atoms with Gasteiger partial charge in [-0.25, -0.2) is 0 Å². The summed E-state index contributed by atoms with van der Waals surface area (Å²) in [5.74, 6) is 1.25. The minimum Gasteiger partial charge on any atom is -0.493 e. The summed E-state index contributed by atoms with van der Waals surface area (Å²) >= 11 is 6.46. The lowest BCUT2D eigenvalue weighted by molar-refractivity contribution is 0.284. The summed E-state index contributed by atoms with van der Waals surface area (Å²) in [7, 11) is 1.64. The maximum atomic E-state index is 6.46. The van der Waals surface area contributed by atoms with Crippen molar-refractivity contribution in [1.82, 2.24) is 5.32 Å². The van der Waals surface area contributed by atoms with Crippen LogP contribution >= 0.6 is 11.6 Å². The van der Waals surface area contributed by atoms with Crippen molar-refractivity contribution in [2.24, 2.45) is 0 Å². The molecule has 2 rings (SSSR count). The molecule has 0 fully saturated rings. The molecule has 0 aliphatic heterocycles. The van der Waals surface area contributed by atoms with Gasteiger partial charge in [0.1, 0.15) is 6.61 Å². The van der Waals surface area contributed by atoms with E-state index in [0.29, 0.717) is 23.1 Å². The first kappa shape index (κ1) is 19.6. The lowest BCUT2D eigenvalue weighted by Crippen LogP contribution is -2.37. The highest BCUT2D eigenvalue weighted by Crippen LogP contribution is 2.37. The molecule has 25 heavy (non-hydrogen) atoms. The number of aryl methyl sites for hydroxylation is 1. The third-order valence-corrected chi connectivity index (χ3v) is 4.69. The van der Waals surface area contributed by atoms with Crippen LogP contribution in [-0.4, -0.2) is 12.6 Å². The number of rotatable bonds is 8. The van der Waals surface area contributed by atoms with Crippen LogP contribution in [0.5, 0.6) is 11.5 Å². The van der Waals surface area contributed by atoms with Crippen molar-refractivity contribution < 1.29 is 9.47 Å². The molecule has 3 nitrogen and oxygen atoms in total. The van der Waals surface area contributed by atoms with Gasteiger partial charge in [0.2, 0.25) is 0 Å². The standard InChI is InChI=1S/C21H28ClNO2/c1-6-21(3,4)23-13-17-11-18(22)20(19(12-17)24-5)25-14-16-9-7-8-15(2)10-16/h7-12,23H,6,13-14H2,1-5H3. The number of halogens is 1. The first-order chi connectivity index (χ1) is 11.8. The van der Waals surface area contributed by atoms with Crippen LogP contribution in [-0.2, 0) is 13.2 Å². The second-order valence-electron chi connectivity index (χ2n) is 6.98. The van der Waals surface area contributed by atoms with E-state index in [4.69, 9.17) is 21.1 Å². The van der Waals surface area contributed by atoms with Crippen LogP contribution < -0.4 is 14.8 Å². The summed E-state index contributed by atoms with van der Waals surface area (Å²) in [5.41, 5.74) is 3.47. The number of hydrogen-bond donors (Lipinski definition) is 1. The van der Waals surface area contributed by atoms with E-state index in [1.165, 1.54) is 5.56 Å². The quantitative estimate of drug-likeness (QED) is 0.672. The minimum atomic E-state index is 0.0834. The van der Waals surface area contributed by atoms with Gasteiger partial charge in [0.05, 0.1) is 12.1 Å². The van der Waals surface area contributed by atoms with Gasteiger partial charge in [-0.2, -0.15) is 0 Å². The Bertz CT molecular complexity index is 713. The molecule has 0 unspecified atom stereocenters. The molecule has 0 bridgehead atoms. The topological polar surface area (TPSA) is 30.5 Å². The first-order valence-electron chi connectivity index (χ1n) is 8.64. The van der Waals surface area contributed by atoms with Crippen LogP contribution in [0.1, 0.15) is 43.9 Å². The summed E-state index contributed by atoms with van der Waals surface area (Å²) < 4.78 is 11.4. The Balaban J connectivity index is 2.13. The normalized spacial score (nSPS) is 11.4. The molecule has 0 amide bonds. The van der Waals surface area contributed by atoms with Crippen LogP contribution in [0.25, 0.3) is 0 Å². The van der Waals surface area contributed by atoms with Gasteiger partial charge in [0.15, 0.2) is 11.5 Å². The number of nitrogens with one attached hydrogen (secondary N) is 1. The molecule has 2 aromatic rings. The van der Waals surface area contributed by atoms with Crippen LogP contribution in [0.2, 0.25) is 5.02 Å². The molecule has 1 N–H and O–H groups in total. The molecule has 0 aliphatic carbocycles. The zero-order chi connectivity index (χ0) is 18.4. The lowest BCUT2D eigenvalue weighted by Gasteiger charge is -2.25. The van der Waals surface area contributed by atoms with Gasteiger partial charge >= 0.3 is 0 Å². The summed E-state index contributed by atoms with van der Waals surface area (Å²) in [4.78, 5) is 0. The van der Waals surface area contributed by atoms with Crippen molar-refractivity contribution in [3.8, 4) is 11.5 Å². The number of ether oxygens (including phenoxy) is 2. The second kappa shape index (κ2) is 8.59. The largest absolute Gasteiger partial charge is 0.493 e. The maximum absolute atomic E-state index is 6.46. The predicted octanol–water partition coefficient (Wildman–Crippen LogP) is 5.51. The predicted molar refractivity (Wildman–Crippen MR) is 105 cm³/mol. The Morgan fingerprint density at radius 2 is 1.88 bits per heavy atom. The Morgan fingerprint density at radius 3 is 2.52 bits per heavy atom. The fourth-order valence-corrected chi connectivity index (χ4v) is 2.73. The third kappa shape index (κ3) is 5.65. The molecule has 0 saturated heterocycles. The second-order valence-corrected chi connectivity index (χ2v) is 7.38. The first-order valence-corrected chi connectivity index (χ1v) is 9.02. The van der Waals surface area contributed by atoms with E-state index in [-0.39, 0.29) is 5.54 Å². The smallest absolute Gasteiger partial charge is 0.180 e. The maximum Gasteiger partial charge on any atom is 0.180 e. The Morgan fingerprint density at radius 1 is 1.12 bits per heavy atom. The van der Waals surface area contributed by atoms with E-state index in [1.54, 1.807) is 7.11 Å². The van der Waals surface area contributed by atoms with Gasteiger partial charge in [-0.05, 0) is 50.5 Å². The monoisotopic (exact) mass is 361 g/mol. The van der Waals surface area contributed by atoms with E-state index >= 15 is 0 Å². The molecule has 0 atom stereocenters. The highest BCUT2D eigenvalue weighted by atomic mass is 35.5. The number of hydrogen-bond acceptors (Lipinski definition) is 3. The van der Waals surface area contributed by atoms with E-state index in [9.17, 15) is 0 Å². The van der Waals surface area contributed by atoms with Gasteiger partial charge < -0.3 is 14.8 Å². The molecule has 0 aliphatic rings. The molecule has 0 saturated carbocycles.